The zero-order valence-electron chi connectivity index (χ0n) is 12.0. The number of rotatable bonds is 4. The Morgan fingerprint density at radius 2 is 2.05 bits per heavy atom. The number of hydrogen-bond acceptors (Lipinski definition) is 4. The topological polar surface area (TPSA) is 79.3 Å². The van der Waals surface area contributed by atoms with Gasteiger partial charge in [0.25, 0.3) is 0 Å². The first-order valence-corrected chi connectivity index (χ1v) is 7.94. The molecule has 1 rings (SSSR count). The Balaban J connectivity index is 2.84. The molecule has 0 bridgehead atoms. The van der Waals surface area contributed by atoms with E-state index >= 15 is 0 Å². The highest BCUT2D eigenvalue weighted by atomic mass is 32.2. The largest absolute Gasteiger partial charge is 0.395 e. The fourth-order valence-electron chi connectivity index (χ4n) is 1.54. The summed E-state index contributed by atoms with van der Waals surface area (Å²) in [5, 5.41) is 8.65. The van der Waals surface area contributed by atoms with Gasteiger partial charge >= 0.3 is 0 Å². The molecule has 0 saturated heterocycles. The maximum atomic E-state index is 12.0. The first-order valence-electron chi connectivity index (χ1n) is 6.29. The molecule has 2 N–H and O–H groups in total. The van der Waals surface area contributed by atoms with Gasteiger partial charge in [-0.15, -0.1) is 0 Å². The molecule has 0 aliphatic heterocycles. The molecule has 0 amide bonds. The van der Waals surface area contributed by atoms with Crippen LogP contribution in [-0.2, 0) is 10.0 Å². The van der Waals surface area contributed by atoms with Gasteiger partial charge in [0.1, 0.15) is 11.5 Å². The van der Waals surface area contributed by atoms with E-state index in [2.05, 4.69) is 21.5 Å². The monoisotopic (exact) mass is 296 g/mol. The van der Waals surface area contributed by atoms with Crippen LogP contribution in [-0.4, -0.2) is 30.9 Å². The molecule has 1 heterocycles. The first-order chi connectivity index (χ1) is 9.22. The van der Waals surface area contributed by atoms with Crippen molar-refractivity contribution in [2.45, 2.75) is 27.2 Å². The van der Waals surface area contributed by atoms with Crippen molar-refractivity contribution in [3.05, 3.63) is 23.9 Å². The molecule has 0 aromatic carbocycles. The lowest BCUT2D eigenvalue weighted by molar-refractivity contribution is 0.305. The summed E-state index contributed by atoms with van der Waals surface area (Å²) in [6.45, 7) is 5.56. The number of anilines is 1. The lowest BCUT2D eigenvalue weighted by atomic mass is 10.0. The molecular formula is C14H20N2O3S. The Morgan fingerprint density at radius 1 is 1.35 bits per heavy atom. The molecule has 0 atom stereocenters. The van der Waals surface area contributed by atoms with E-state index in [9.17, 15) is 8.42 Å². The SMILES string of the molecule is CC(C)(C)CS(=O)(=O)Nc1cccc(C#CCCO)n1. The van der Waals surface area contributed by atoms with E-state index in [0.717, 1.165) is 0 Å². The summed E-state index contributed by atoms with van der Waals surface area (Å²) in [4.78, 5) is 4.11. The van der Waals surface area contributed by atoms with Gasteiger partial charge in [-0.1, -0.05) is 32.8 Å². The molecule has 0 aliphatic carbocycles. The fourth-order valence-corrected chi connectivity index (χ4v) is 3.18. The molecule has 20 heavy (non-hydrogen) atoms. The summed E-state index contributed by atoms with van der Waals surface area (Å²) in [5.74, 6) is 5.77. The van der Waals surface area contributed by atoms with Gasteiger partial charge in [0, 0.05) is 6.42 Å². The molecule has 0 radical (unpaired) electrons. The maximum Gasteiger partial charge on any atom is 0.234 e. The van der Waals surface area contributed by atoms with E-state index in [1.165, 1.54) is 0 Å². The predicted molar refractivity (Wildman–Crippen MR) is 79.7 cm³/mol. The van der Waals surface area contributed by atoms with Crippen molar-refractivity contribution in [1.29, 1.82) is 0 Å². The van der Waals surface area contributed by atoms with E-state index in [4.69, 9.17) is 5.11 Å². The van der Waals surface area contributed by atoms with Gasteiger partial charge in [-0.2, -0.15) is 0 Å². The van der Waals surface area contributed by atoms with Crippen LogP contribution in [0.4, 0.5) is 5.82 Å². The second-order valence-corrected chi connectivity index (χ2v) is 7.33. The molecule has 0 fully saturated rings. The maximum absolute atomic E-state index is 12.0. The number of aliphatic hydroxyl groups is 1. The van der Waals surface area contributed by atoms with E-state index in [1.807, 2.05) is 20.8 Å². The van der Waals surface area contributed by atoms with Gasteiger partial charge in [0.05, 0.1) is 12.4 Å². The normalized spacial score (nSPS) is 11.6. The fraction of sp³-hybridized carbons (Fsp3) is 0.500. The predicted octanol–water partition coefficient (Wildman–Crippen LogP) is 1.60. The van der Waals surface area contributed by atoms with Crippen molar-refractivity contribution in [1.82, 2.24) is 4.98 Å². The van der Waals surface area contributed by atoms with Gasteiger partial charge in [-0.05, 0) is 23.5 Å². The second-order valence-electron chi connectivity index (χ2n) is 5.61. The molecule has 110 valence electrons. The third kappa shape index (κ3) is 6.55. The molecule has 6 heteroatoms. The minimum absolute atomic E-state index is 0.00903. The summed E-state index contributed by atoms with van der Waals surface area (Å²) in [6.07, 6.45) is 0.363. The Kier molecular flexibility index (Phi) is 5.54. The zero-order chi connectivity index (χ0) is 15.2. The smallest absolute Gasteiger partial charge is 0.234 e. The van der Waals surface area contributed by atoms with Crippen molar-refractivity contribution in [3.8, 4) is 11.8 Å². The zero-order valence-corrected chi connectivity index (χ0v) is 12.8. The van der Waals surface area contributed by atoms with Crippen LogP contribution in [0.25, 0.3) is 0 Å². The number of sulfonamides is 1. The first kappa shape index (κ1) is 16.5. The van der Waals surface area contributed by atoms with E-state index < -0.39 is 10.0 Å². The number of nitrogens with zero attached hydrogens (tertiary/aromatic N) is 1. The average Bonchev–Trinajstić information content (AvgIpc) is 2.25. The molecule has 1 aromatic rings. The van der Waals surface area contributed by atoms with E-state index in [-0.39, 0.29) is 23.6 Å². The van der Waals surface area contributed by atoms with E-state index in [0.29, 0.717) is 12.1 Å². The molecular weight excluding hydrogens is 276 g/mol. The Bertz CT molecular complexity index is 607. The van der Waals surface area contributed by atoms with Crippen LogP contribution in [0.1, 0.15) is 32.9 Å². The molecule has 0 spiro atoms. The molecule has 0 aliphatic rings. The Hall–Kier alpha value is -1.58. The van der Waals surface area contributed by atoms with E-state index in [1.54, 1.807) is 18.2 Å². The highest BCUT2D eigenvalue weighted by Crippen LogP contribution is 2.17. The van der Waals surface area contributed by atoms with Crippen molar-refractivity contribution in [2.75, 3.05) is 17.1 Å². The average molecular weight is 296 g/mol. The third-order valence-corrected chi connectivity index (χ3v) is 3.85. The summed E-state index contributed by atoms with van der Waals surface area (Å²) in [5.41, 5.74) is 0.138. The summed E-state index contributed by atoms with van der Waals surface area (Å²) >= 11 is 0. The number of nitrogens with one attached hydrogen (secondary N) is 1. The number of hydrogen-bond donors (Lipinski definition) is 2. The lowest BCUT2D eigenvalue weighted by Crippen LogP contribution is -2.26. The summed E-state index contributed by atoms with van der Waals surface area (Å²) in [6, 6.07) is 4.95. The third-order valence-electron chi connectivity index (χ3n) is 2.09. The second kappa shape index (κ2) is 6.73. The number of pyridine rings is 1. The van der Waals surface area contributed by atoms with Crippen LogP contribution in [0, 0.1) is 17.3 Å². The molecule has 0 unspecified atom stereocenters. The highest BCUT2D eigenvalue weighted by molar-refractivity contribution is 7.92. The van der Waals surface area contributed by atoms with Crippen LogP contribution in [0.5, 0.6) is 0 Å². The highest BCUT2D eigenvalue weighted by Gasteiger charge is 2.21. The lowest BCUT2D eigenvalue weighted by Gasteiger charge is -2.18. The van der Waals surface area contributed by atoms with Crippen molar-refractivity contribution < 1.29 is 13.5 Å². The van der Waals surface area contributed by atoms with Gasteiger partial charge in [0.2, 0.25) is 10.0 Å². The van der Waals surface area contributed by atoms with Gasteiger partial charge < -0.3 is 5.11 Å². The molecule has 0 saturated carbocycles. The van der Waals surface area contributed by atoms with Crippen molar-refractivity contribution in [2.24, 2.45) is 5.41 Å². The summed E-state index contributed by atoms with van der Waals surface area (Å²) in [7, 11) is -3.43. The van der Waals surface area contributed by atoms with Crippen molar-refractivity contribution >= 4 is 15.8 Å². The van der Waals surface area contributed by atoms with Crippen LogP contribution < -0.4 is 4.72 Å². The quantitative estimate of drug-likeness (QED) is 0.827. The van der Waals surface area contributed by atoms with Crippen LogP contribution >= 0.6 is 0 Å². The number of aromatic nitrogens is 1. The van der Waals surface area contributed by atoms with Gasteiger partial charge in [-0.3, -0.25) is 4.72 Å². The molecule has 5 nitrogen and oxygen atoms in total. The van der Waals surface area contributed by atoms with Crippen LogP contribution in [0.15, 0.2) is 18.2 Å². The molecule has 1 aromatic heterocycles. The van der Waals surface area contributed by atoms with Gasteiger partial charge in [-0.25, -0.2) is 13.4 Å². The van der Waals surface area contributed by atoms with Gasteiger partial charge in [0.15, 0.2) is 0 Å². The Morgan fingerprint density at radius 3 is 2.65 bits per heavy atom. The minimum atomic E-state index is -3.43. The Labute approximate surface area is 120 Å². The van der Waals surface area contributed by atoms with Crippen LogP contribution in [0.3, 0.4) is 0 Å². The van der Waals surface area contributed by atoms with Crippen LogP contribution in [0.2, 0.25) is 0 Å². The minimum Gasteiger partial charge on any atom is -0.395 e. The number of aliphatic hydroxyl groups excluding tert-OH is 1. The summed E-state index contributed by atoms with van der Waals surface area (Å²) < 4.78 is 26.4. The van der Waals surface area contributed by atoms with Crippen molar-refractivity contribution in [3.63, 3.8) is 0 Å². The standard InChI is InChI=1S/C14H20N2O3S/c1-14(2,3)11-20(18,19)16-13-9-6-8-12(15-13)7-4-5-10-17/h6,8-9,17H,5,10-11H2,1-3H3,(H,15,16).